The fraction of sp³-hybridized carbons (Fsp3) is 0.308. The van der Waals surface area contributed by atoms with Gasteiger partial charge in [0.15, 0.2) is 5.75 Å². The largest absolute Gasteiger partial charge is 0.504 e. The van der Waals surface area contributed by atoms with Crippen LogP contribution in [0, 0.1) is 13.8 Å². The average Bonchev–Trinajstić information content (AvgIpc) is 2.56. The monoisotopic (exact) mass is 216 g/mol. The Labute approximate surface area is 95.3 Å². The normalized spacial score (nSPS) is 10.7. The fourth-order valence-electron chi connectivity index (χ4n) is 1.88. The summed E-state index contributed by atoms with van der Waals surface area (Å²) in [5.41, 5.74) is 3.73. The molecule has 0 amide bonds. The van der Waals surface area contributed by atoms with Gasteiger partial charge >= 0.3 is 0 Å². The molecule has 3 heteroatoms. The van der Waals surface area contributed by atoms with Crippen molar-refractivity contribution in [3.05, 3.63) is 41.2 Å². The molecule has 2 rings (SSSR count). The van der Waals surface area contributed by atoms with E-state index in [-0.39, 0.29) is 0 Å². The van der Waals surface area contributed by atoms with E-state index in [4.69, 9.17) is 0 Å². The van der Waals surface area contributed by atoms with Crippen LogP contribution in [0.4, 0.5) is 0 Å². The van der Waals surface area contributed by atoms with Crippen molar-refractivity contribution < 1.29 is 5.11 Å². The molecule has 0 bridgehead atoms. The zero-order valence-corrected chi connectivity index (χ0v) is 9.86. The second-order valence-corrected chi connectivity index (χ2v) is 3.93. The van der Waals surface area contributed by atoms with E-state index in [1.807, 2.05) is 49.7 Å². The number of para-hydroxylation sites is 1. The maximum atomic E-state index is 9.89. The van der Waals surface area contributed by atoms with Crippen molar-refractivity contribution in [3.8, 4) is 11.4 Å². The van der Waals surface area contributed by atoms with E-state index in [2.05, 4.69) is 5.10 Å². The van der Waals surface area contributed by atoms with Crippen molar-refractivity contribution in [1.29, 1.82) is 0 Å². The van der Waals surface area contributed by atoms with Crippen LogP contribution in [0.15, 0.2) is 24.3 Å². The summed E-state index contributed by atoms with van der Waals surface area (Å²) >= 11 is 0. The Kier molecular flexibility index (Phi) is 2.69. The van der Waals surface area contributed by atoms with E-state index in [9.17, 15) is 5.11 Å². The number of nitrogens with zero attached hydrogens (tertiary/aromatic N) is 2. The van der Waals surface area contributed by atoms with Crippen molar-refractivity contribution in [1.82, 2.24) is 9.78 Å². The van der Waals surface area contributed by atoms with Crippen molar-refractivity contribution in [3.63, 3.8) is 0 Å². The van der Waals surface area contributed by atoms with Crippen LogP contribution in [0.2, 0.25) is 0 Å². The molecule has 0 fully saturated rings. The first kappa shape index (κ1) is 10.7. The van der Waals surface area contributed by atoms with Gasteiger partial charge in [-0.05, 0) is 31.9 Å². The lowest BCUT2D eigenvalue weighted by Crippen LogP contribution is -2.03. The van der Waals surface area contributed by atoms with E-state index in [0.717, 1.165) is 23.4 Å². The summed E-state index contributed by atoms with van der Waals surface area (Å²) in [6.07, 6.45) is 0.765. The summed E-state index contributed by atoms with van der Waals surface area (Å²) in [6, 6.07) is 8.04. The fourth-order valence-corrected chi connectivity index (χ4v) is 1.88. The molecule has 0 aliphatic heterocycles. The predicted molar refractivity (Wildman–Crippen MR) is 64.1 cm³/mol. The summed E-state index contributed by atoms with van der Waals surface area (Å²) in [7, 11) is 0. The average molecular weight is 216 g/mol. The number of aromatic hydroxyl groups is 1. The van der Waals surface area contributed by atoms with Crippen molar-refractivity contribution >= 4 is 0 Å². The smallest absolute Gasteiger partial charge is 0.160 e. The molecule has 3 nitrogen and oxygen atoms in total. The van der Waals surface area contributed by atoms with Gasteiger partial charge in [-0.1, -0.05) is 25.1 Å². The van der Waals surface area contributed by atoms with Crippen molar-refractivity contribution in [2.24, 2.45) is 0 Å². The minimum absolute atomic E-state index is 0.311. The van der Waals surface area contributed by atoms with Crippen LogP contribution in [-0.2, 0) is 6.42 Å². The highest BCUT2D eigenvalue weighted by Crippen LogP contribution is 2.26. The number of hydrogen-bond acceptors (Lipinski definition) is 2. The topological polar surface area (TPSA) is 38.1 Å². The van der Waals surface area contributed by atoms with Gasteiger partial charge in [-0.15, -0.1) is 0 Å². The zero-order chi connectivity index (χ0) is 11.7. The number of rotatable bonds is 2. The van der Waals surface area contributed by atoms with Crippen molar-refractivity contribution in [2.45, 2.75) is 27.2 Å². The van der Waals surface area contributed by atoms with E-state index >= 15 is 0 Å². The lowest BCUT2D eigenvalue weighted by atomic mass is 10.2. The second kappa shape index (κ2) is 4.00. The molecule has 0 spiro atoms. The van der Waals surface area contributed by atoms with Crippen molar-refractivity contribution in [2.75, 3.05) is 0 Å². The molecule has 0 aliphatic carbocycles. The van der Waals surface area contributed by atoms with Crippen LogP contribution >= 0.6 is 0 Å². The highest BCUT2D eigenvalue weighted by molar-refractivity contribution is 5.44. The predicted octanol–water partition coefficient (Wildman–Crippen LogP) is 2.76. The van der Waals surface area contributed by atoms with Gasteiger partial charge in [0.2, 0.25) is 0 Å². The molecule has 2 aromatic rings. The van der Waals surface area contributed by atoms with Gasteiger partial charge in [-0.2, -0.15) is 5.10 Å². The quantitative estimate of drug-likeness (QED) is 0.838. The molecule has 84 valence electrons. The summed E-state index contributed by atoms with van der Waals surface area (Å²) in [4.78, 5) is 0. The Morgan fingerprint density at radius 2 is 1.94 bits per heavy atom. The van der Waals surface area contributed by atoms with E-state index in [0.29, 0.717) is 11.4 Å². The van der Waals surface area contributed by atoms with Crippen LogP contribution in [0.1, 0.15) is 23.9 Å². The van der Waals surface area contributed by atoms with Gasteiger partial charge in [0.1, 0.15) is 5.69 Å². The molecule has 1 N–H and O–H groups in total. The first-order valence-corrected chi connectivity index (χ1v) is 5.48. The minimum Gasteiger partial charge on any atom is -0.504 e. The Morgan fingerprint density at radius 1 is 1.25 bits per heavy atom. The third kappa shape index (κ3) is 1.58. The van der Waals surface area contributed by atoms with Gasteiger partial charge < -0.3 is 5.11 Å². The van der Waals surface area contributed by atoms with Gasteiger partial charge in [-0.3, -0.25) is 0 Å². The summed E-state index contributed by atoms with van der Waals surface area (Å²) in [5.74, 6) is 0.311. The van der Waals surface area contributed by atoms with Crippen LogP contribution in [0.5, 0.6) is 5.75 Å². The minimum atomic E-state index is 0.311. The standard InChI is InChI=1S/C13H16N2O/c1-4-11-13(16)10(3)14-15(11)12-8-6-5-7-9(12)2/h5-8,16H,4H2,1-3H3. The molecular formula is C13H16N2O. The van der Waals surface area contributed by atoms with Gasteiger partial charge in [-0.25, -0.2) is 4.68 Å². The molecule has 1 aromatic carbocycles. The summed E-state index contributed by atoms with van der Waals surface area (Å²) < 4.78 is 1.83. The Balaban J connectivity index is 2.65. The summed E-state index contributed by atoms with van der Waals surface area (Å²) in [6.45, 7) is 5.89. The van der Waals surface area contributed by atoms with Crippen LogP contribution in [-0.4, -0.2) is 14.9 Å². The first-order valence-electron chi connectivity index (χ1n) is 5.48. The highest BCUT2D eigenvalue weighted by Gasteiger charge is 2.14. The molecule has 16 heavy (non-hydrogen) atoms. The maximum Gasteiger partial charge on any atom is 0.160 e. The number of aryl methyl sites for hydroxylation is 2. The zero-order valence-electron chi connectivity index (χ0n) is 9.86. The van der Waals surface area contributed by atoms with Gasteiger partial charge in [0, 0.05) is 0 Å². The lowest BCUT2D eigenvalue weighted by molar-refractivity contribution is 0.464. The van der Waals surface area contributed by atoms with Crippen LogP contribution in [0.25, 0.3) is 5.69 Å². The maximum absolute atomic E-state index is 9.89. The van der Waals surface area contributed by atoms with Gasteiger partial charge in [0.25, 0.3) is 0 Å². The first-order chi connectivity index (χ1) is 7.65. The molecule has 1 aromatic heterocycles. The number of aromatic nitrogens is 2. The Hall–Kier alpha value is -1.77. The van der Waals surface area contributed by atoms with Crippen LogP contribution < -0.4 is 0 Å². The van der Waals surface area contributed by atoms with Gasteiger partial charge in [0.05, 0.1) is 11.4 Å². The molecular weight excluding hydrogens is 200 g/mol. The SMILES string of the molecule is CCc1c(O)c(C)nn1-c1ccccc1C. The second-order valence-electron chi connectivity index (χ2n) is 3.93. The Bertz CT molecular complexity index is 515. The number of benzene rings is 1. The molecule has 0 unspecified atom stereocenters. The highest BCUT2D eigenvalue weighted by atomic mass is 16.3. The Morgan fingerprint density at radius 3 is 2.56 bits per heavy atom. The van der Waals surface area contributed by atoms with Crippen LogP contribution in [0.3, 0.4) is 0 Å². The molecule has 0 saturated heterocycles. The molecule has 0 atom stereocenters. The number of hydrogen-bond donors (Lipinski definition) is 1. The third-order valence-electron chi connectivity index (χ3n) is 2.80. The van der Waals surface area contributed by atoms with E-state index in [1.165, 1.54) is 0 Å². The van der Waals surface area contributed by atoms with E-state index < -0.39 is 0 Å². The molecule has 1 heterocycles. The third-order valence-corrected chi connectivity index (χ3v) is 2.80. The molecule has 0 radical (unpaired) electrons. The lowest BCUT2D eigenvalue weighted by Gasteiger charge is -2.08. The van der Waals surface area contributed by atoms with E-state index in [1.54, 1.807) is 0 Å². The summed E-state index contributed by atoms with van der Waals surface area (Å²) in [5, 5.41) is 14.3. The molecule has 0 saturated carbocycles. The molecule has 0 aliphatic rings.